The average molecular weight is 427 g/mol. The lowest BCUT2D eigenvalue weighted by Gasteiger charge is -2.44. The maximum absolute atomic E-state index is 12.4. The van der Waals surface area contributed by atoms with Gasteiger partial charge in [-0.2, -0.15) is 8.42 Å². The lowest BCUT2D eigenvalue weighted by Crippen LogP contribution is -2.55. The Morgan fingerprint density at radius 3 is 2.36 bits per heavy atom. The molecule has 0 aromatic heterocycles. The van der Waals surface area contributed by atoms with Crippen LogP contribution >= 0.6 is 15.9 Å². The van der Waals surface area contributed by atoms with E-state index in [1.165, 1.54) is 12.1 Å². The highest BCUT2D eigenvalue weighted by Gasteiger charge is 2.49. The maximum atomic E-state index is 12.4. The predicted molar refractivity (Wildman–Crippen MR) is 96.9 cm³/mol. The van der Waals surface area contributed by atoms with Gasteiger partial charge in [0, 0.05) is 4.47 Å². The summed E-state index contributed by atoms with van der Waals surface area (Å²) in [6, 6.07) is 14.0. The van der Waals surface area contributed by atoms with Crippen molar-refractivity contribution in [1.29, 1.82) is 0 Å². The molecule has 0 N–H and O–H groups in total. The zero-order valence-corrected chi connectivity index (χ0v) is 16.3. The molecule has 0 spiro atoms. The zero-order chi connectivity index (χ0) is 18.1. The molecule has 2 aromatic carbocycles. The Kier molecular flexibility index (Phi) is 5.20. The van der Waals surface area contributed by atoms with Crippen molar-refractivity contribution in [2.75, 3.05) is 13.2 Å². The molecule has 1 saturated heterocycles. The topological polar surface area (TPSA) is 61.8 Å². The van der Waals surface area contributed by atoms with Crippen molar-refractivity contribution in [2.24, 2.45) is 5.41 Å². The van der Waals surface area contributed by atoms with Crippen molar-refractivity contribution in [3.63, 3.8) is 0 Å². The van der Waals surface area contributed by atoms with Crippen LogP contribution in [0.3, 0.4) is 0 Å². The van der Waals surface area contributed by atoms with Gasteiger partial charge in [-0.05, 0) is 50.2 Å². The van der Waals surface area contributed by atoms with E-state index in [0.29, 0.717) is 19.0 Å². The molecule has 7 heteroatoms. The van der Waals surface area contributed by atoms with E-state index < -0.39 is 21.8 Å². The lowest BCUT2D eigenvalue weighted by atomic mass is 9.87. The standard InChI is InChI=1S/C18H19BrO5S/c1-13-3-9-16(10-4-13)25(20,21)24-17-18(2,12-23-17)11-22-15-7-5-14(19)6-8-15/h3-10,17H,11-12H2,1-2H3. The summed E-state index contributed by atoms with van der Waals surface area (Å²) < 4.78 is 42.1. The fourth-order valence-corrected chi connectivity index (χ4v) is 3.71. The molecule has 2 unspecified atom stereocenters. The highest BCUT2D eigenvalue weighted by atomic mass is 79.9. The molecule has 3 rings (SSSR count). The van der Waals surface area contributed by atoms with E-state index in [2.05, 4.69) is 15.9 Å². The van der Waals surface area contributed by atoms with Crippen molar-refractivity contribution in [1.82, 2.24) is 0 Å². The lowest BCUT2D eigenvalue weighted by molar-refractivity contribution is -0.273. The molecule has 134 valence electrons. The van der Waals surface area contributed by atoms with E-state index in [9.17, 15) is 8.42 Å². The van der Waals surface area contributed by atoms with Crippen LogP contribution in [0.15, 0.2) is 57.9 Å². The third-order valence-electron chi connectivity index (χ3n) is 4.04. The third-order valence-corrected chi connectivity index (χ3v) is 5.85. The van der Waals surface area contributed by atoms with Crippen molar-refractivity contribution in [3.8, 4) is 5.75 Å². The molecule has 5 nitrogen and oxygen atoms in total. The van der Waals surface area contributed by atoms with Crippen molar-refractivity contribution < 1.29 is 22.1 Å². The Morgan fingerprint density at radius 1 is 1.16 bits per heavy atom. The number of hydrogen-bond donors (Lipinski definition) is 0. The first kappa shape index (κ1) is 18.4. The van der Waals surface area contributed by atoms with Crippen molar-refractivity contribution >= 4 is 26.0 Å². The van der Waals surface area contributed by atoms with Gasteiger partial charge >= 0.3 is 0 Å². The van der Waals surface area contributed by atoms with Crippen LogP contribution < -0.4 is 4.74 Å². The number of rotatable bonds is 6. The van der Waals surface area contributed by atoms with Gasteiger partial charge in [0.15, 0.2) is 6.29 Å². The van der Waals surface area contributed by atoms with Gasteiger partial charge in [-0.15, -0.1) is 0 Å². The summed E-state index contributed by atoms with van der Waals surface area (Å²) in [5, 5.41) is 0. The molecular formula is C18H19BrO5S. The number of halogens is 1. The predicted octanol–water partition coefficient (Wildman–Crippen LogP) is 3.90. The Morgan fingerprint density at radius 2 is 1.80 bits per heavy atom. The smallest absolute Gasteiger partial charge is 0.299 e. The minimum absolute atomic E-state index is 0.116. The monoisotopic (exact) mass is 426 g/mol. The van der Waals surface area contributed by atoms with Gasteiger partial charge in [0.1, 0.15) is 12.4 Å². The van der Waals surface area contributed by atoms with Crippen molar-refractivity contribution in [3.05, 3.63) is 58.6 Å². The van der Waals surface area contributed by atoms with Gasteiger partial charge in [-0.25, -0.2) is 4.18 Å². The fourth-order valence-electron chi connectivity index (χ4n) is 2.34. The van der Waals surface area contributed by atoms with Crippen LogP contribution in [0.4, 0.5) is 0 Å². The highest BCUT2D eigenvalue weighted by molar-refractivity contribution is 9.10. The second-order valence-electron chi connectivity index (χ2n) is 6.40. The molecule has 2 atom stereocenters. The summed E-state index contributed by atoms with van der Waals surface area (Å²) in [6.07, 6.45) is -0.866. The van der Waals surface area contributed by atoms with Gasteiger partial charge in [-0.1, -0.05) is 33.6 Å². The van der Waals surface area contributed by atoms with Crippen LogP contribution in [0.2, 0.25) is 0 Å². The Hall–Kier alpha value is -1.41. The second-order valence-corrected chi connectivity index (χ2v) is 8.89. The molecule has 0 radical (unpaired) electrons. The van der Waals surface area contributed by atoms with E-state index in [0.717, 1.165) is 10.0 Å². The number of ether oxygens (including phenoxy) is 2. The van der Waals surface area contributed by atoms with E-state index in [1.54, 1.807) is 12.1 Å². The first-order valence-corrected chi connectivity index (χ1v) is 9.99. The van der Waals surface area contributed by atoms with E-state index in [-0.39, 0.29) is 4.90 Å². The molecule has 0 aliphatic carbocycles. The quantitative estimate of drug-likeness (QED) is 0.655. The van der Waals surface area contributed by atoms with Crippen molar-refractivity contribution in [2.45, 2.75) is 25.0 Å². The SMILES string of the molecule is Cc1ccc(S(=O)(=O)OC2OCC2(C)COc2ccc(Br)cc2)cc1. The average Bonchev–Trinajstić information content (AvgIpc) is 2.58. The van der Waals surface area contributed by atoms with Crippen LogP contribution in [0, 0.1) is 12.3 Å². The van der Waals surface area contributed by atoms with Crippen LogP contribution in [-0.2, 0) is 19.0 Å². The zero-order valence-electron chi connectivity index (χ0n) is 13.9. The summed E-state index contributed by atoms with van der Waals surface area (Å²) >= 11 is 3.37. The summed E-state index contributed by atoms with van der Waals surface area (Å²) in [6.45, 7) is 4.44. The highest BCUT2D eigenvalue weighted by Crippen LogP contribution is 2.38. The van der Waals surface area contributed by atoms with E-state index >= 15 is 0 Å². The van der Waals surface area contributed by atoms with Gasteiger partial charge in [0.25, 0.3) is 10.1 Å². The largest absolute Gasteiger partial charge is 0.493 e. The molecule has 1 aliphatic rings. The summed E-state index contributed by atoms with van der Waals surface area (Å²) in [5.74, 6) is 0.705. The molecule has 0 bridgehead atoms. The molecule has 2 aromatic rings. The van der Waals surface area contributed by atoms with Gasteiger partial charge in [0.2, 0.25) is 0 Å². The molecular weight excluding hydrogens is 408 g/mol. The van der Waals surface area contributed by atoms with Crippen LogP contribution in [0.5, 0.6) is 5.75 Å². The van der Waals surface area contributed by atoms with Gasteiger partial charge in [0.05, 0.1) is 16.9 Å². The van der Waals surface area contributed by atoms with Crippen LogP contribution in [-0.4, -0.2) is 27.9 Å². The first-order valence-electron chi connectivity index (χ1n) is 7.78. The molecule has 1 heterocycles. The summed E-state index contributed by atoms with van der Waals surface area (Å²) in [7, 11) is -3.88. The number of aryl methyl sites for hydroxylation is 1. The normalized spacial score (nSPS) is 23.1. The molecule has 25 heavy (non-hydrogen) atoms. The third kappa shape index (κ3) is 4.23. The minimum atomic E-state index is -3.88. The first-order chi connectivity index (χ1) is 11.8. The maximum Gasteiger partial charge on any atom is 0.299 e. The van der Waals surface area contributed by atoms with E-state index in [1.807, 2.05) is 38.1 Å². The second kappa shape index (κ2) is 7.07. The van der Waals surface area contributed by atoms with Gasteiger partial charge < -0.3 is 9.47 Å². The Labute approximate surface area is 156 Å². The number of hydrogen-bond acceptors (Lipinski definition) is 5. The van der Waals surface area contributed by atoms with Gasteiger partial charge in [-0.3, -0.25) is 0 Å². The Balaban J connectivity index is 1.64. The Bertz CT molecular complexity index is 833. The molecule has 0 saturated carbocycles. The van der Waals surface area contributed by atoms with Crippen LogP contribution in [0.1, 0.15) is 12.5 Å². The summed E-state index contributed by atoms with van der Waals surface area (Å²) in [4.78, 5) is 0.116. The van der Waals surface area contributed by atoms with Crippen LogP contribution in [0.25, 0.3) is 0 Å². The molecule has 0 amide bonds. The summed E-state index contributed by atoms with van der Waals surface area (Å²) in [5.41, 5.74) is 0.441. The van der Waals surface area contributed by atoms with E-state index in [4.69, 9.17) is 13.7 Å². The molecule has 1 aliphatic heterocycles. The molecule has 1 fully saturated rings. The minimum Gasteiger partial charge on any atom is -0.493 e. The fraction of sp³-hybridized carbons (Fsp3) is 0.333. The number of benzene rings is 2.